The first-order valence-electron chi connectivity index (χ1n) is 14.2. The van der Waals surface area contributed by atoms with E-state index in [4.69, 9.17) is 11.6 Å². The average molecular weight is 599 g/mol. The summed E-state index contributed by atoms with van der Waals surface area (Å²) in [5.74, 6) is 3.03. The van der Waals surface area contributed by atoms with E-state index in [0.717, 1.165) is 0 Å². The van der Waals surface area contributed by atoms with Crippen molar-refractivity contribution >= 4 is 58.0 Å². The standard InChI is InChI=1S/C39H33ClP2/c40-31-39(42(36-25-13-4-14-26-36,37-27-15-5-16-28-37)38-29-17-6-18-30-38)32-41(33-19-7-1-8-20-33,34-21-9-2-10-22-34)35-23-11-3-12-24-35/h1-30,32H,31H2/q+2/b39-32-. The van der Waals surface area contributed by atoms with Crippen molar-refractivity contribution in [3.05, 3.63) is 193 Å². The molecule has 0 radical (unpaired) electrons. The minimum absolute atomic E-state index is 0.417. The molecule has 0 aliphatic carbocycles. The van der Waals surface area contributed by atoms with Gasteiger partial charge in [-0.3, -0.25) is 0 Å². The van der Waals surface area contributed by atoms with Crippen LogP contribution in [0.15, 0.2) is 193 Å². The van der Waals surface area contributed by atoms with Gasteiger partial charge in [-0.05, 0) is 72.8 Å². The molecular weight excluding hydrogens is 566 g/mol. The Labute approximate surface area is 256 Å². The number of alkyl halides is 1. The largest absolute Gasteiger partial charge is 0.144 e. The monoisotopic (exact) mass is 598 g/mol. The Morgan fingerprint density at radius 1 is 0.381 bits per heavy atom. The van der Waals surface area contributed by atoms with Gasteiger partial charge in [0.05, 0.1) is 5.88 Å². The first kappa shape index (κ1) is 28.3. The van der Waals surface area contributed by atoms with Gasteiger partial charge in [0.25, 0.3) is 0 Å². The van der Waals surface area contributed by atoms with Crippen molar-refractivity contribution in [1.29, 1.82) is 0 Å². The summed E-state index contributed by atoms with van der Waals surface area (Å²) in [6.45, 7) is 0. The molecule has 0 nitrogen and oxygen atoms in total. The third-order valence-electron chi connectivity index (χ3n) is 7.83. The molecule has 0 spiro atoms. The molecule has 6 aromatic carbocycles. The maximum atomic E-state index is 7.25. The van der Waals surface area contributed by atoms with Crippen molar-refractivity contribution in [2.45, 2.75) is 0 Å². The average Bonchev–Trinajstić information content (AvgIpc) is 3.09. The van der Waals surface area contributed by atoms with E-state index in [2.05, 4.69) is 188 Å². The van der Waals surface area contributed by atoms with Crippen molar-refractivity contribution in [1.82, 2.24) is 0 Å². The van der Waals surface area contributed by atoms with Gasteiger partial charge in [0.2, 0.25) is 0 Å². The van der Waals surface area contributed by atoms with Crippen LogP contribution in [0.5, 0.6) is 0 Å². The molecular formula is C39H33ClP2+2. The number of benzene rings is 6. The molecule has 0 aliphatic heterocycles. The van der Waals surface area contributed by atoms with E-state index < -0.39 is 14.5 Å². The number of halogens is 1. The highest BCUT2D eigenvalue weighted by atomic mass is 35.5. The van der Waals surface area contributed by atoms with Crippen molar-refractivity contribution in [3.63, 3.8) is 0 Å². The third-order valence-corrected chi connectivity index (χ3v) is 16.9. The SMILES string of the molecule is ClC/C(=C/[P+](c1ccccc1)(c1ccccc1)c1ccccc1)[P+](c1ccccc1)(c1ccccc1)c1ccccc1. The van der Waals surface area contributed by atoms with E-state index in [0.29, 0.717) is 5.88 Å². The second-order valence-corrected chi connectivity index (χ2v) is 17.1. The molecule has 0 heterocycles. The summed E-state index contributed by atoms with van der Waals surface area (Å²) >= 11 is 7.25. The fourth-order valence-corrected chi connectivity index (χ4v) is 15.7. The molecule has 0 bridgehead atoms. The van der Waals surface area contributed by atoms with Gasteiger partial charge in [-0.2, -0.15) is 0 Å². The van der Waals surface area contributed by atoms with Crippen LogP contribution in [0.1, 0.15) is 0 Å². The second-order valence-electron chi connectivity index (χ2n) is 10.2. The van der Waals surface area contributed by atoms with E-state index in [1.807, 2.05) is 0 Å². The minimum atomic E-state index is -2.36. The van der Waals surface area contributed by atoms with Crippen LogP contribution in [0.4, 0.5) is 0 Å². The molecule has 6 aromatic rings. The fraction of sp³-hybridized carbons (Fsp3) is 0.0256. The lowest BCUT2D eigenvalue weighted by Crippen LogP contribution is -2.35. The molecule has 204 valence electrons. The number of rotatable bonds is 9. The van der Waals surface area contributed by atoms with Crippen LogP contribution in [-0.4, -0.2) is 5.88 Å². The van der Waals surface area contributed by atoms with Crippen molar-refractivity contribution < 1.29 is 0 Å². The Hall–Kier alpha value is -3.79. The Bertz CT molecular complexity index is 1530. The van der Waals surface area contributed by atoms with E-state index in [1.165, 1.54) is 37.1 Å². The summed E-state index contributed by atoms with van der Waals surface area (Å²) in [5.41, 5.74) is 0. The smallest absolute Gasteiger partial charge is 0.118 e. The predicted molar refractivity (Wildman–Crippen MR) is 189 cm³/mol. The third kappa shape index (κ3) is 5.17. The first-order chi connectivity index (χ1) is 20.8. The Kier molecular flexibility index (Phi) is 8.79. The van der Waals surface area contributed by atoms with E-state index in [9.17, 15) is 0 Å². The van der Waals surface area contributed by atoms with Gasteiger partial charge in [0.1, 0.15) is 57.5 Å². The Morgan fingerprint density at radius 2 is 0.619 bits per heavy atom. The minimum Gasteiger partial charge on any atom is -0.118 e. The van der Waals surface area contributed by atoms with Gasteiger partial charge in [-0.15, -0.1) is 11.6 Å². The highest BCUT2D eigenvalue weighted by molar-refractivity contribution is 8.02. The number of allylic oxidation sites excluding steroid dienone is 1. The molecule has 42 heavy (non-hydrogen) atoms. The van der Waals surface area contributed by atoms with Gasteiger partial charge >= 0.3 is 0 Å². The molecule has 6 rings (SSSR count). The topological polar surface area (TPSA) is 0 Å². The predicted octanol–water partition coefficient (Wildman–Crippen LogP) is 8.05. The lowest BCUT2D eigenvalue weighted by Gasteiger charge is -2.31. The highest BCUT2D eigenvalue weighted by Gasteiger charge is 2.54. The van der Waals surface area contributed by atoms with Crippen LogP contribution in [0.3, 0.4) is 0 Å². The van der Waals surface area contributed by atoms with Crippen LogP contribution in [-0.2, 0) is 0 Å². The lowest BCUT2D eigenvalue weighted by atomic mass is 10.3. The molecule has 0 aliphatic rings. The van der Waals surface area contributed by atoms with Gasteiger partial charge in [0.15, 0.2) is 0 Å². The van der Waals surface area contributed by atoms with Gasteiger partial charge < -0.3 is 0 Å². The van der Waals surface area contributed by atoms with Crippen LogP contribution in [0.2, 0.25) is 0 Å². The Balaban J connectivity index is 1.80. The molecule has 0 saturated carbocycles. The van der Waals surface area contributed by atoms with Gasteiger partial charge in [-0.1, -0.05) is 109 Å². The van der Waals surface area contributed by atoms with E-state index in [1.54, 1.807) is 0 Å². The fourth-order valence-electron chi connectivity index (χ4n) is 5.99. The van der Waals surface area contributed by atoms with E-state index >= 15 is 0 Å². The number of hydrogen-bond acceptors (Lipinski definition) is 0. The molecule has 0 aromatic heterocycles. The number of hydrogen-bond donors (Lipinski definition) is 0. The summed E-state index contributed by atoms with van der Waals surface area (Å²) in [4.78, 5) is 0. The maximum Gasteiger partial charge on any atom is 0.144 e. The van der Waals surface area contributed by atoms with E-state index in [-0.39, 0.29) is 0 Å². The zero-order valence-electron chi connectivity index (χ0n) is 23.4. The first-order valence-corrected chi connectivity index (χ1v) is 18.4. The lowest BCUT2D eigenvalue weighted by molar-refractivity contribution is 1.64. The molecule has 0 atom stereocenters. The maximum absolute atomic E-state index is 7.25. The molecule has 0 N–H and O–H groups in total. The van der Waals surface area contributed by atoms with Crippen LogP contribution in [0, 0.1) is 0 Å². The summed E-state index contributed by atoms with van der Waals surface area (Å²) in [6.07, 6.45) is 0. The highest BCUT2D eigenvalue weighted by Crippen LogP contribution is 2.68. The van der Waals surface area contributed by atoms with Crippen LogP contribution >= 0.6 is 26.1 Å². The summed E-state index contributed by atoms with van der Waals surface area (Å²) < 4.78 is 0. The molecule has 0 unspecified atom stereocenters. The van der Waals surface area contributed by atoms with Crippen molar-refractivity contribution in [2.24, 2.45) is 0 Å². The van der Waals surface area contributed by atoms with Crippen LogP contribution in [0.25, 0.3) is 0 Å². The normalized spacial score (nSPS) is 12.2. The summed E-state index contributed by atoms with van der Waals surface area (Å²) in [7, 11) is -4.67. The summed E-state index contributed by atoms with van der Waals surface area (Å²) in [5, 5.41) is 9.15. The Morgan fingerprint density at radius 3 is 0.857 bits per heavy atom. The molecule has 3 heteroatoms. The van der Waals surface area contributed by atoms with Crippen molar-refractivity contribution in [3.8, 4) is 0 Å². The summed E-state index contributed by atoms with van der Waals surface area (Å²) in [6, 6.07) is 66.1. The second kappa shape index (κ2) is 13.0. The van der Waals surface area contributed by atoms with Crippen molar-refractivity contribution in [2.75, 3.05) is 5.88 Å². The van der Waals surface area contributed by atoms with Gasteiger partial charge in [0, 0.05) is 0 Å². The molecule has 0 saturated heterocycles. The molecule has 0 fully saturated rings. The zero-order chi connectivity index (χ0) is 28.7. The quantitative estimate of drug-likeness (QED) is 0.117. The van der Waals surface area contributed by atoms with Crippen LogP contribution < -0.4 is 31.8 Å². The van der Waals surface area contributed by atoms with Gasteiger partial charge in [-0.25, -0.2) is 0 Å². The zero-order valence-corrected chi connectivity index (χ0v) is 25.9. The molecule has 0 amide bonds.